The smallest absolute Gasteiger partial charge is 0.227 e. The van der Waals surface area contributed by atoms with Crippen LogP contribution in [0.4, 0.5) is 0 Å². The van der Waals surface area contributed by atoms with E-state index in [1.54, 1.807) is 12.1 Å². The maximum absolute atomic E-state index is 5.98. The average molecular weight is 451 g/mol. The highest BCUT2D eigenvalue weighted by Crippen LogP contribution is 2.30. The summed E-state index contributed by atoms with van der Waals surface area (Å²) in [5.74, 6) is 2.80. The third-order valence-corrected chi connectivity index (χ3v) is 5.54. The molecule has 1 heterocycles. The van der Waals surface area contributed by atoms with Crippen LogP contribution < -0.4 is 9.47 Å². The lowest BCUT2D eigenvalue weighted by atomic mass is 10.2. The summed E-state index contributed by atoms with van der Waals surface area (Å²) >= 11 is 5.93. The summed E-state index contributed by atoms with van der Waals surface area (Å²) in [4.78, 5) is 6.99. The summed E-state index contributed by atoms with van der Waals surface area (Å²) in [6.07, 6.45) is 1.01. The molecule has 0 atom stereocenters. The van der Waals surface area contributed by atoms with E-state index in [4.69, 9.17) is 25.5 Å². The minimum Gasteiger partial charge on any atom is -0.494 e. The van der Waals surface area contributed by atoms with Crippen LogP contribution in [0.2, 0.25) is 5.02 Å². The lowest BCUT2D eigenvalue weighted by Gasteiger charge is -2.17. The average Bonchev–Trinajstić information content (AvgIpc) is 3.24. The van der Waals surface area contributed by atoms with Gasteiger partial charge in [0.15, 0.2) is 5.58 Å². The van der Waals surface area contributed by atoms with E-state index in [2.05, 4.69) is 23.7 Å². The Balaban J connectivity index is 1.39. The maximum Gasteiger partial charge on any atom is 0.227 e. The van der Waals surface area contributed by atoms with Gasteiger partial charge < -0.3 is 18.8 Å². The number of nitrogens with zero attached hydrogens (tertiary/aromatic N) is 2. The number of hydrogen-bond donors (Lipinski definition) is 0. The van der Waals surface area contributed by atoms with Crippen molar-refractivity contribution in [3.8, 4) is 28.7 Å². The fourth-order valence-corrected chi connectivity index (χ4v) is 3.57. The Morgan fingerprint density at radius 3 is 2.28 bits per heavy atom. The fraction of sp³-hybridized carbons (Fsp3) is 0.269. The minimum atomic E-state index is 0.566. The molecule has 0 aliphatic rings. The number of aromatic nitrogens is 1. The number of oxazole rings is 1. The quantitative estimate of drug-likeness (QED) is 0.242. The Morgan fingerprint density at radius 2 is 1.56 bits per heavy atom. The number of hydrogen-bond acceptors (Lipinski definition) is 5. The van der Waals surface area contributed by atoms with Gasteiger partial charge >= 0.3 is 0 Å². The number of ether oxygens (including phenoxy) is 2. The van der Waals surface area contributed by atoms with Crippen molar-refractivity contribution in [3.05, 3.63) is 71.8 Å². The lowest BCUT2D eigenvalue weighted by molar-refractivity contribution is 0.249. The molecule has 0 N–H and O–H groups in total. The van der Waals surface area contributed by atoms with Crippen LogP contribution in [0.25, 0.3) is 22.6 Å². The molecule has 0 unspecified atom stereocenters. The van der Waals surface area contributed by atoms with Gasteiger partial charge in [0.1, 0.15) is 22.8 Å². The van der Waals surface area contributed by atoms with Crippen molar-refractivity contribution < 1.29 is 13.9 Å². The molecule has 4 rings (SSSR count). The Morgan fingerprint density at radius 1 is 0.875 bits per heavy atom. The van der Waals surface area contributed by atoms with E-state index in [0.29, 0.717) is 34.6 Å². The van der Waals surface area contributed by atoms with E-state index >= 15 is 0 Å². The molecule has 5 nitrogen and oxygen atoms in total. The SMILES string of the molecule is CCN(CC)CCCOc1ccc(-c2nc3ccc(Oc4ccc(Cl)cc4)cc3o2)cc1. The second kappa shape index (κ2) is 10.5. The molecular weight excluding hydrogens is 424 g/mol. The molecule has 0 spiro atoms. The first-order valence-corrected chi connectivity index (χ1v) is 11.3. The highest BCUT2D eigenvalue weighted by Gasteiger charge is 2.10. The van der Waals surface area contributed by atoms with Gasteiger partial charge in [-0.05, 0) is 80.2 Å². The summed E-state index contributed by atoms with van der Waals surface area (Å²) in [6.45, 7) is 8.27. The molecule has 4 aromatic rings. The van der Waals surface area contributed by atoms with Gasteiger partial charge in [-0.25, -0.2) is 4.98 Å². The summed E-state index contributed by atoms with van der Waals surface area (Å²) < 4.78 is 17.7. The topological polar surface area (TPSA) is 47.7 Å². The van der Waals surface area contributed by atoms with Crippen LogP contribution in [-0.4, -0.2) is 36.1 Å². The van der Waals surface area contributed by atoms with Crippen molar-refractivity contribution in [1.29, 1.82) is 0 Å². The van der Waals surface area contributed by atoms with Crippen LogP contribution in [0.5, 0.6) is 17.2 Å². The summed E-state index contributed by atoms with van der Waals surface area (Å²) in [6, 6.07) is 20.7. The van der Waals surface area contributed by atoms with Crippen LogP contribution >= 0.6 is 11.6 Å². The van der Waals surface area contributed by atoms with Gasteiger partial charge in [0, 0.05) is 23.2 Å². The van der Waals surface area contributed by atoms with E-state index < -0.39 is 0 Å². The van der Waals surface area contributed by atoms with E-state index in [0.717, 1.165) is 42.9 Å². The van der Waals surface area contributed by atoms with Crippen molar-refractivity contribution >= 4 is 22.7 Å². The van der Waals surface area contributed by atoms with Gasteiger partial charge in [0.25, 0.3) is 0 Å². The maximum atomic E-state index is 5.98. The highest BCUT2D eigenvalue weighted by molar-refractivity contribution is 6.30. The zero-order valence-corrected chi connectivity index (χ0v) is 19.1. The first-order valence-electron chi connectivity index (χ1n) is 10.9. The molecule has 166 valence electrons. The van der Waals surface area contributed by atoms with Crippen molar-refractivity contribution in [2.45, 2.75) is 20.3 Å². The standard InChI is InChI=1S/C26H27ClN2O3/c1-3-29(4-2)16-5-17-30-21-10-6-19(7-11-21)26-28-24-15-14-23(18-25(24)32-26)31-22-12-8-20(27)9-13-22/h6-15,18H,3-5,16-17H2,1-2H3. The van der Waals surface area contributed by atoms with Crippen molar-refractivity contribution in [2.24, 2.45) is 0 Å². The van der Waals surface area contributed by atoms with E-state index in [9.17, 15) is 0 Å². The monoisotopic (exact) mass is 450 g/mol. The predicted molar refractivity (Wildman–Crippen MR) is 129 cm³/mol. The van der Waals surface area contributed by atoms with Gasteiger partial charge in [0.2, 0.25) is 5.89 Å². The minimum absolute atomic E-state index is 0.566. The normalized spacial score (nSPS) is 11.2. The third-order valence-electron chi connectivity index (χ3n) is 5.29. The van der Waals surface area contributed by atoms with Crippen molar-refractivity contribution in [3.63, 3.8) is 0 Å². The van der Waals surface area contributed by atoms with Crippen LogP contribution in [0, 0.1) is 0 Å². The lowest BCUT2D eigenvalue weighted by Crippen LogP contribution is -2.25. The molecule has 32 heavy (non-hydrogen) atoms. The third kappa shape index (κ3) is 5.61. The number of halogens is 1. The molecule has 0 aliphatic heterocycles. The van der Waals surface area contributed by atoms with E-state index in [1.165, 1.54) is 0 Å². The number of fused-ring (bicyclic) bond motifs is 1. The van der Waals surface area contributed by atoms with Crippen LogP contribution in [0.3, 0.4) is 0 Å². The zero-order valence-electron chi connectivity index (χ0n) is 18.4. The van der Waals surface area contributed by atoms with E-state index in [1.807, 2.05) is 54.6 Å². The Bertz CT molecular complexity index is 1140. The molecule has 0 amide bonds. The number of rotatable bonds is 10. The Kier molecular flexibility index (Phi) is 7.30. The highest BCUT2D eigenvalue weighted by atomic mass is 35.5. The molecule has 3 aromatic carbocycles. The molecule has 0 radical (unpaired) electrons. The van der Waals surface area contributed by atoms with Crippen LogP contribution in [0.15, 0.2) is 71.1 Å². The largest absolute Gasteiger partial charge is 0.494 e. The van der Waals surface area contributed by atoms with E-state index in [-0.39, 0.29) is 0 Å². The molecular formula is C26H27ClN2O3. The van der Waals surface area contributed by atoms with Crippen molar-refractivity contribution in [2.75, 3.05) is 26.2 Å². The first kappa shape index (κ1) is 22.2. The summed E-state index contributed by atoms with van der Waals surface area (Å²) in [5, 5.41) is 0.670. The second-order valence-corrected chi connectivity index (χ2v) is 7.89. The molecule has 0 fully saturated rings. The summed E-state index contributed by atoms with van der Waals surface area (Å²) in [7, 11) is 0. The van der Waals surface area contributed by atoms with Gasteiger partial charge in [-0.3, -0.25) is 0 Å². The Labute approximate surface area is 193 Å². The molecule has 0 bridgehead atoms. The fourth-order valence-electron chi connectivity index (χ4n) is 3.44. The van der Waals surface area contributed by atoms with Gasteiger partial charge in [-0.1, -0.05) is 25.4 Å². The van der Waals surface area contributed by atoms with Gasteiger partial charge in [-0.15, -0.1) is 0 Å². The Hall–Kier alpha value is -3.02. The van der Waals surface area contributed by atoms with Crippen LogP contribution in [0.1, 0.15) is 20.3 Å². The zero-order chi connectivity index (χ0) is 22.3. The summed E-state index contributed by atoms with van der Waals surface area (Å²) in [5.41, 5.74) is 2.35. The van der Waals surface area contributed by atoms with Gasteiger partial charge in [-0.2, -0.15) is 0 Å². The first-order chi connectivity index (χ1) is 15.6. The molecule has 0 aliphatic carbocycles. The van der Waals surface area contributed by atoms with Crippen molar-refractivity contribution in [1.82, 2.24) is 9.88 Å². The number of benzene rings is 3. The van der Waals surface area contributed by atoms with Gasteiger partial charge in [0.05, 0.1) is 6.61 Å². The molecule has 1 aromatic heterocycles. The molecule has 0 saturated heterocycles. The molecule has 0 saturated carbocycles. The predicted octanol–water partition coefficient (Wildman–Crippen LogP) is 7.05. The molecule has 6 heteroatoms. The van der Waals surface area contributed by atoms with Crippen LogP contribution in [-0.2, 0) is 0 Å². The second-order valence-electron chi connectivity index (χ2n) is 7.46.